The summed E-state index contributed by atoms with van der Waals surface area (Å²) in [7, 11) is 0. The van der Waals surface area contributed by atoms with Crippen LogP contribution in [0.4, 0.5) is 4.39 Å². The Balaban J connectivity index is 2.39. The van der Waals surface area contributed by atoms with E-state index in [0.29, 0.717) is 5.56 Å². The minimum absolute atomic E-state index is 0.168. The number of carboxylic acid groups (broad SMARTS) is 1. The van der Waals surface area contributed by atoms with E-state index in [1.807, 2.05) is 6.07 Å². The van der Waals surface area contributed by atoms with Crippen LogP contribution >= 0.6 is 0 Å². The van der Waals surface area contributed by atoms with Crippen molar-refractivity contribution < 1.29 is 14.3 Å². The Hall–Kier alpha value is -1.38. The molecule has 0 saturated carbocycles. The van der Waals surface area contributed by atoms with Crippen LogP contribution in [0.3, 0.4) is 0 Å². The molecule has 0 aromatic heterocycles. The molecule has 1 N–H and O–H groups in total. The lowest BCUT2D eigenvalue weighted by molar-refractivity contribution is -0.141. The van der Waals surface area contributed by atoms with Crippen LogP contribution in [0.2, 0.25) is 0 Å². The minimum Gasteiger partial charge on any atom is -0.481 e. The van der Waals surface area contributed by atoms with Gasteiger partial charge in [-0.2, -0.15) is 0 Å². The van der Waals surface area contributed by atoms with E-state index in [4.69, 9.17) is 5.11 Å². The van der Waals surface area contributed by atoms with Crippen molar-refractivity contribution >= 4 is 5.97 Å². The van der Waals surface area contributed by atoms with Gasteiger partial charge < -0.3 is 5.11 Å². The Bertz CT molecular complexity index is 401. The molecule has 80 valence electrons. The summed E-state index contributed by atoms with van der Waals surface area (Å²) in [5.74, 6) is -1.79. The lowest BCUT2D eigenvalue weighted by atomic mass is 9.88. The van der Waals surface area contributed by atoms with Crippen molar-refractivity contribution in [3.05, 3.63) is 35.1 Å². The average molecular weight is 208 g/mol. The highest BCUT2D eigenvalue weighted by atomic mass is 19.1. The number of carboxylic acids is 1. The van der Waals surface area contributed by atoms with Crippen LogP contribution in [0.25, 0.3) is 0 Å². The van der Waals surface area contributed by atoms with Gasteiger partial charge in [0.15, 0.2) is 0 Å². The molecule has 2 atom stereocenters. The molecule has 0 bridgehead atoms. The number of hydrogen-bond donors (Lipinski definition) is 1. The number of hydrogen-bond acceptors (Lipinski definition) is 1. The Kier molecular flexibility index (Phi) is 2.47. The molecular weight excluding hydrogens is 195 g/mol. The highest BCUT2D eigenvalue weighted by Crippen LogP contribution is 2.39. The average Bonchev–Trinajstić information content (AvgIpc) is 2.61. The molecule has 1 aromatic carbocycles. The van der Waals surface area contributed by atoms with Crippen molar-refractivity contribution in [2.24, 2.45) is 5.92 Å². The maximum absolute atomic E-state index is 13.6. The molecule has 3 heteroatoms. The van der Waals surface area contributed by atoms with Crippen LogP contribution in [-0.2, 0) is 11.2 Å². The van der Waals surface area contributed by atoms with Crippen LogP contribution in [0.15, 0.2) is 18.2 Å². The zero-order valence-corrected chi connectivity index (χ0v) is 8.53. The quantitative estimate of drug-likeness (QED) is 0.811. The lowest BCUT2D eigenvalue weighted by Crippen LogP contribution is -2.17. The summed E-state index contributed by atoms with van der Waals surface area (Å²) in [6.45, 7) is 1.65. The number of aliphatic carboxylic acids is 1. The second-order valence-corrected chi connectivity index (χ2v) is 4.08. The molecule has 0 spiro atoms. The van der Waals surface area contributed by atoms with E-state index in [0.717, 1.165) is 18.4 Å². The monoisotopic (exact) mass is 208 g/mol. The summed E-state index contributed by atoms with van der Waals surface area (Å²) < 4.78 is 13.6. The second-order valence-electron chi connectivity index (χ2n) is 4.08. The van der Waals surface area contributed by atoms with Gasteiger partial charge in [0, 0.05) is 5.92 Å². The predicted molar refractivity (Wildman–Crippen MR) is 54.3 cm³/mol. The molecule has 15 heavy (non-hydrogen) atoms. The highest BCUT2D eigenvalue weighted by molar-refractivity contribution is 5.71. The topological polar surface area (TPSA) is 37.3 Å². The maximum atomic E-state index is 13.6. The third kappa shape index (κ3) is 1.62. The van der Waals surface area contributed by atoms with Crippen LogP contribution in [0.5, 0.6) is 0 Å². The van der Waals surface area contributed by atoms with Gasteiger partial charge in [-0.05, 0) is 30.0 Å². The molecule has 2 unspecified atom stereocenters. The van der Waals surface area contributed by atoms with Crippen LogP contribution in [0, 0.1) is 11.7 Å². The fourth-order valence-electron chi connectivity index (χ4n) is 2.34. The number of aryl methyl sites for hydroxylation is 1. The predicted octanol–water partition coefficient (Wildman–Crippen LogP) is 2.58. The van der Waals surface area contributed by atoms with E-state index in [1.54, 1.807) is 13.0 Å². The second kappa shape index (κ2) is 3.65. The molecule has 0 radical (unpaired) electrons. The zero-order valence-electron chi connectivity index (χ0n) is 8.53. The molecule has 2 rings (SSSR count). The van der Waals surface area contributed by atoms with E-state index in [2.05, 4.69) is 0 Å². The van der Waals surface area contributed by atoms with Gasteiger partial charge in [0.05, 0.1) is 5.92 Å². The normalized spacial score (nSPS) is 21.1. The van der Waals surface area contributed by atoms with E-state index in [-0.39, 0.29) is 11.7 Å². The van der Waals surface area contributed by atoms with Gasteiger partial charge in [0.2, 0.25) is 0 Å². The molecule has 0 amide bonds. The molecule has 1 aliphatic rings. The fraction of sp³-hybridized carbons (Fsp3) is 0.417. The molecular formula is C12H13FO2. The third-order valence-corrected chi connectivity index (χ3v) is 3.23. The number of benzene rings is 1. The Labute approximate surface area is 87.7 Å². The number of fused-ring (bicyclic) bond motifs is 1. The maximum Gasteiger partial charge on any atom is 0.306 e. The first-order valence-electron chi connectivity index (χ1n) is 5.11. The van der Waals surface area contributed by atoms with E-state index < -0.39 is 11.9 Å². The summed E-state index contributed by atoms with van der Waals surface area (Å²) in [5.41, 5.74) is 1.58. The number of halogens is 1. The summed E-state index contributed by atoms with van der Waals surface area (Å²) >= 11 is 0. The molecule has 0 fully saturated rings. The summed E-state index contributed by atoms with van der Waals surface area (Å²) in [6, 6.07) is 4.97. The van der Waals surface area contributed by atoms with Gasteiger partial charge in [0.1, 0.15) is 5.82 Å². The van der Waals surface area contributed by atoms with Gasteiger partial charge >= 0.3 is 5.97 Å². The Morgan fingerprint density at radius 2 is 2.33 bits per heavy atom. The van der Waals surface area contributed by atoms with Gasteiger partial charge in [-0.3, -0.25) is 4.79 Å². The largest absolute Gasteiger partial charge is 0.481 e. The Morgan fingerprint density at radius 1 is 1.60 bits per heavy atom. The standard InChI is InChI=1S/C12H13FO2/c1-7(12(14)15)9-6-5-8-3-2-4-10(13)11(8)9/h2-4,7,9H,5-6H2,1H3,(H,14,15). The van der Waals surface area contributed by atoms with Gasteiger partial charge in [-0.25, -0.2) is 4.39 Å². The molecule has 1 aliphatic carbocycles. The van der Waals surface area contributed by atoms with Crippen LogP contribution in [-0.4, -0.2) is 11.1 Å². The van der Waals surface area contributed by atoms with Crippen molar-refractivity contribution in [2.45, 2.75) is 25.7 Å². The summed E-state index contributed by atoms with van der Waals surface area (Å²) in [6.07, 6.45) is 1.53. The number of rotatable bonds is 2. The van der Waals surface area contributed by atoms with Crippen molar-refractivity contribution in [1.82, 2.24) is 0 Å². The smallest absolute Gasteiger partial charge is 0.306 e. The van der Waals surface area contributed by atoms with Gasteiger partial charge in [0.25, 0.3) is 0 Å². The molecule has 0 aliphatic heterocycles. The van der Waals surface area contributed by atoms with E-state index in [1.165, 1.54) is 6.07 Å². The summed E-state index contributed by atoms with van der Waals surface area (Å²) in [4.78, 5) is 10.9. The van der Waals surface area contributed by atoms with E-state index in [9.17, 15) is 9.18 Å². The SMILES string of the molecule is CC(C(=O)O)C1CCc2cccc(F)c21. The molecule has 1 aromatic rings. The Morgan fingerprint density at radius 3 is 3.00 bits per heavy atom. The highest BCUT2D eigenvalue weighted by Gasteiger charge is 2.33. The fourth-order valence-corrected chi connectivity index (χ4v) is 2.34. The lowest BCUT2D eigenvalue weighted by Gasteiger charge is -2.16. The third-order valence-electron chi connectivity index (χ3n) is 3.23. The van der Waals surface area contributed by atoms with Crippen LogP contribution < -0.4 is 0 Å². The zero-order chi connectivity index (χ0) is 11.0. The first kappa shape index (κ1) is 10.1. The molecule has 2 nitrogen and oxygen atoms in total. The van der Waals surface area contributed by atoms with Crippen LogP contribution in [0.1, 0.15) is 30.4 Å². The van der Waals surface area contributed by atoms with Gasteiger partial charge in [-0.15, -0.1) is 0 Å². The summed E-state index contributed by atoms with van der Waals surface area (Å²) in [5, 5.41) is 8.94. The number of carbonyl (C=O) groups is 1. The van der Waals surface area contributed by atoms with E-state index >= 15 is 0 Å². The van der Waals surface area contributed by atoms with Gasteiger partial charge in [-0.1, -0.05) is 19.1 Å². The van der Waals surface area contributed by atoms with Crippen molar-refractivity contribution in [2.75, 3.05) is 0 Å². The van der Waals surface area contributed by atoms with Crippen molar-refractivity contribution in [1.29, 1.82) is 0 Å². The van der Waals surface area contributed by atoms with Crippen molar-refractivity contribution in [3.63, 3.8) is 0 Å². The molecule has 0 saturated heterocycles. The first-order chi connectivity index (χ1) is 7.11. The first-order valence-corrected chi connectivity index (χ1v) is 5.11. The minimum atomic E-state index is -0.851. The van der Waals surface area contributed by atoms with Crippen molar-refractivity contribution in [3.8, 4) is 0 Å². The molecule has 0 heterocycles.